The number of benzene rings is 1. The molecule has 0 saturated heterocycles. The Hall–Kier alpha value is -2.61. The monoisotopic (exact) mass is 475 g/mol. The van der Waals surface area contributed by atoms with E-state index in [0.29, 0.717) is 24.8 Å². The predicted octanol–water partition coefficient (Wildman–Crippen LogP) is 4.86. The summed E-state index contributed by atoms with van der Waals surface area (Å²) in [6.45, 7) is 9.42. The van der Waals surface area contributed by atoms with Crippen LogP contribution in [0.2, 0.25) is 0 Å². The second-order valence-corrected chi connectivity index (χ2v) is 10.1. The Morgan fingerprint density at radius 1 is 1.21 bits per heavy atom. The summed E-state index contributed by atoms with van der Waals surface area (Å²) < 4.78 is 19.2. The number of nitrogens with one attached hydrogen (secondary N) is 1. The van der Waals surface area contributed by atoms with Crippen molar-refractivity contribution in [1.82, 2.24) is 15.1 Å². The van der Waals surface area contributed by atoms with Crippen LogP contribution in [0.1, 0.15) is 50.6 Å². The molecule has 2 heterocycles. The molecule has 0 bridgehead atoms. The van der Waals surface area contributed by atoms with E-state index in [1.54, 1.807) is 28.4 Å². The minimum absolute atomic E-state index is 0.00522. The second kappa shape index (κ2) is 11.5. The first-order valence-electron chi connectivity index (χ1n) is 11.5. The number of rotatable bonds is 9. The van der Waals surface area contributed by atoms with Crippen LogP contribution in [0.5, 0.6) is 5.75 Å². The Balaban J connectivity index is 1.74. The largest absolute Gasteiger partial charge is 0.491 e. The second-order valence-electron chi connectivity index (χ2n) is 9.13. The van der Waals surface area contributed by atoms with Crippen LogP contribution in [0.25, 0.3) is 0 Å². The summed E-state index contributed by atoms with van der Waals surface area (Å²) >= 11 is 1.69. The third-order valence-electron chi connectivity index (χ3n) is 5.64. The van der Waals surface area contributed by atoms with Gasteiger partial charge >= 0.3 is 6.03 Å². The molecule has 8 heteroatoms. The molecule has 3 amide bonds. The van der Waals surface area contributed by atoms with Gasteiger partial charge in [-0.2, -0.15) is 0 Å². The molecule has 1 aliphatic rings. The van der Waals surface area contributed by atoms with Crippen molar-refractivity contribution in [1.29, 1.82) is 0 Å². The van der Waals surface area contributed by atoms with Crippen LogP contribution < -0.4 is 10.1 Å². The Kier molecular flexibility index (Phi) is 8.72. The minimum Gasteiger partial charge on any atom is -0.491 e. The number of carbonyl (C=O) groups excluding carboxylic acids is 2. The molecule has 0 saturated carbocycles. The first-order chi connectivity index (χ1) is 15.7. The van der Waals surface area contributed by atoms with Gasteiger partial charge < -0.3 is 19.9 Å². The first-order valence-corrected chi connectivity index (χ1v) is 12.4. The van der Waals surface area contributed by atoms with Crippen LogP contribution >= 0.6 is 11.3 Å². The zero-order chi connectivity index (χ0) is 24.0. The van der Waals surface area contributed by atoms with Gasteiger partial charge in [0.05, 0.1) is 6.04 Å². The smallest absolute Gasteiger partial charge is 0.318 e. The van der Waals surface area contributed by atoms with Crippen LogP contribution in [-0.4, -0.2) is 54.0 Å². The maximum absolute atomic E-state index is 13.4. The molecule has 0 unspecified atom stereocenters. The third-order valence-corrected chi connectivity index (χ3v) is 6.64. The van der Waals surface area contributed by atoms with Gasteiger partial charge in [-0.15, -0.1) is 11.3 Å². The van der Waals surface area contributed by atoms with E-state index in [1.165, 1.54) is 17.0 Å². The Bertz CT molecular complexity index is 929. The van der Waals surface area contributed by atoms with E-state index in [2.05, 4.69) is 19.2 Å². The fourth-order valence-electron chi connectivity index (χ4n) is 3.84. The van der Waals surface area contributed by atoms with Crippen LogP contribution in [0.15, 0.2) is 35.7 Å². The highest BCUT2D eigenvalue weighted by Gasteiger charge is 2.33. The first kappa shape index (κ1) is 25.0. The van der Waals surface area contributed by atoms with Gasteiger partial charge in [-0.05, 0) is 73.9 Å². The molecule has 0 aliphatic carbocycles. The molecule has 0 spiro atoms. The molecule has 0 radical (unpaired) electrons. The lowest BCUT2D eigenvalue weighted by Crippen LogP contribution is -2.51. The zero-order valence-corrected chi connectivity index (χ0v) is 20.7. The van der Waals surface area contributed by atoms with Crippen molar-refractivity contribution in [3.63, 3.8) is 0 Å². The Morgan fingerprint density at radius 3 is 2.61 bits per heavy atom. The number of thiophene rings is 1. The van der Waals surface area contributed by atoms with Gasteiger partial charge in [0.1, 0.15) is 24.7 Å². The summed E-state index contributed by atoms with van der Waals surface area (Å²) in [6.07, 6.45) is 1.61. The maximum atomic E-state index is 13.4. The van der Waals surface area contributed by atoms with E-state index in [0.717, 1.165) is 18.4 Å². The maximum Gasteiger partial charge on any atom is 0.318 e. The van der Waals surface area contributed by atoms with Gasteiger partial charge in [-0.1, -0.05) is 13.8 Å². The summed E-state index contributed by atoms with van der Waals surface area (Å²) in [7, 11) is 0. The van der Waals surface area contributed by atoms with Crippen molar-refractivity contribution in [3.05, 3.63) is 52.0 Å². The molecule has 3 rings (SSSR count). The molecule has 1 atom stereocenters. The lowest BCUT2D eigenvalue weighted by molar-refractivity contribution is -0.135. The molecule has 1 aromatic carbocycles. The SMILES string of the molecule is CC(C)CCN(CC(=O)N1CCc2sccc2[C@H]1COc1ccc(F)cc1)C(=O)NC(C)C. The number of ether oxygens (including phenoxy) is 1. The molecule has 1 aliphatic heterocycles. The summed E-state index contributed by atoms with van der Waals surface area (Å²) in [4.78, 5) is 30.9. The molecule has 180 valence electrons. The van der Waals surface area contributed by atoms with E-state index in [4.69, 9.17) is 4.74 Å². The molecule has 1 N–H and O–H groups in total. The number of hydrogen-bond donors (Lipinski definition) is 1. The van der Waals surface area contributed by atoms with E-state index < -0.39 is 0 Å². The van der Waals surface area contributed by atoms with Gasteiger partial charge in [0.2, 0.25) is 5.91 Å². The third kappa shape index (κ3) is 6.93. The quantitative estimate of drug-likeness (QED) is 0.564. The fraction of sp³-hybridized carbons (Fsp3) is 0.520. The number of nitrogens with zero attached hydrogens (tertiary/aromatic N) is 2. The minimum atomic E-state index is -0.321. The van der Waals surface area contributed by atoms with Gasteiger partial charge in [0.15, 0.2) is 0 Å². The topological polar surface area (TPSA) is 61.9 Å². The Morgan fingerprint density at radius 2 is 1.94 bits per heavy atom. The lowest BCUT2D eigenvalue weighted by atomic mass is 10.0. The predicted molar refractivity (Wildman–Crippen MR) is 129 cm³/mol. The summed E-state index contributed by atoms with van der Waals surface area (Å²) in [5.41, 5.74) is 1.09. The molecule has 2 aromatic rings. The molecule has 0 fully saturated rings. The van der Waals surface area contributed by atoms with Gasteiger partial charge in [0.25, 0.3) is 0 Å². The summed E-state index contributed by atoms with van der Waals surface area (Å²) in [6, 6.07) is 7.45. The van der Waals surface area contributed by atoms with E-state index >= 15 is 0 Å². The highest BCUT2D eigenvalue weighted by molar-refractivity contribution is 7.10. The van der Waals surface area contributed by atoms with E-state index in [-0.39, 0.29) is 43.0 Å². The standard InChI is InChI=1S/C25H34FN3O3S/c1-17(2)9-12-28(25(31)27-18(3)4)15-24(30)29-13-10-23-21(11-14-33-23)22(29)16-32-20-7-5-19(26)6-8-20/h5-8,11,14,17-18,22H,9-10,12-13,15-16H2,1-4H3,(H,27,31)/t22-/m1/s1. The fourth-order valence-corrected chi connectivity index (χ4v) is 4.77. The van der Waals surface area contributed by atoms with Crippen LogP contribution in [-0.2, 0) is 11.2 Å². The molecular weight excluding hydrogens is 441 g/mol. The van der Waals surface area contributed by atoms with E-state index in [1.807, 2.05) is 30.2 Å². The molecule has 6 nitrogen and oxygen atoms in total. The lowest BCUT2D eigenvalue weighted by Gasteiger charge is -2.37. The van der Waals surface area contributed by atoms with Crippen molar-refractivity contribution in [2.45, 2.75) is 52.6 Å². The zero-order valence-electron chi connectivity index (χ0n) is 19.8. The van der Waals surface area contributed by atoms with Crippen LogP contribution in [0.3, 0.4) is 0 Å². The van der Waals surface area contributed by atoms with Crippen molar-refractivity contribution in [2.24, 2.45) is 5.92 Å². The van der Waals surface area contributed by atoms with Gasteiger partial charge in [-0.25, -0.2) is 9.18 Å². The van der Waals surface area contributed by atoms with Crippen LogP contribution in [0.4, 0.5) is 9.18 Å². The number of fused-ring (bicyclic) bond motifs is 1. The highest BCUT2D eigenvalue weighted by Crippen LogP contribution is 2.34. The summed E-state index contributed by atoms with van der Waals surface area (Å²) in [5.74, 6) is 0.566. The molecular formula is C25H34FN3O3S. The number of amides is 3. The number of carbonyl (C=O) groups is 2. The van der Waals surface area contributed by atoms with Crippen LogP contribution in [0, 0.1) is 11.7 Å². The van der Waals surface area contributed by atoms with Crippen molar-refractivity contribution < 1.29 is 18.7 Å². The van der Waals surface area contributed by atoms with Gasteiger partial charge in [0, 0.05) is 24.0 Å². The highest BCUT2D eigenvalue weighted by atomic mass is 32.1. The van der Waals surface area contributed by atoms with E-state index in [9.17, 15) is 14.0 Å². The number of urea groups is 1. The number of halogens is 1. The van der Waals surface area contributed by atoms with Crippen molar-refractivity contribution in [2.75, 3.05) is 26.2 Å². The van der Waals surface area contributed by atoms with Gasteiger partial charge in [-0.3, -0.25) is 4.79 Å². The molecule has 33 heavy (non-hydrogen) atoms. The Labute approximate surface area is 199 Å². The average molecular weight is 476 g/mol. The van der Waals surface area contributed by atoms with Crippen molar-refractivity contribution in [3.8, 4) is 5.75 Å². The number of hydrogen-bond acceptors (Lipinski definition) is 4. The summed E-state index contributed by atoms with van der Waals surface area (Å²) in [5, 5.41) is 4.95. The average Bonchev–Trinajstić information content (AvgIpc) is 3.24. The van der Waals surface area contributed by atoms with Crippen molar-refractivity contribution >= 4 is 23.3 Å². The normalized spacial score (nSPS) is 15.5. The molecule has 1 aromatic heterocycles.